The molecule has 0 spiro atoms. The second kappa shape index (κ2) is 27.6. The third-order valence-corrected chi connectivity index (χ3v) is 14.0. The molecule has 10 rings (SSSR count). The number of hydrogen-bond acceptors (Lipinski definition) is 12. The predicted molar refractivity (Wildman–Crippen MR) is 303 cm³/mol. The van der Waals surface area contributed by atoms with Gasteiger partial charge >= 0.3 is 30.7 Å². The maximum Gasteiger partial charge on any atom is 0.420 e. The van der Waals surface area contributed by atoms with Gasteiger partial charge < -0.3 is 30.3 Å². The number of allylic oxidation sites excluding steroid dienone is 2. The highest BCUT2D eigenvalue weighted by molar-refractivity contribution is 5.96. The zero-order chi connectivity index (χ0) is 63.0. The molecule has 1 aliphatic carbocycles. The van der Waals surface area contributed by atoms with Crippen molar-refractivity contribution in [1.29, 1.82) is 0 Å². The fourth-order valence-electron chi connectivity index (χ4n) is 9.60. The predicted octanol–water partition coefficient (Wildman–Crippen LogP) is 15.7. The van der Waals surface area contributed by atoms with Gasteiger partial charge in [0.1, 0.15) is 40.4 Å². The second-order valence-electron chi connectivity index (χ2n) is 20.3. The summed E-state index contributed by atoms with van der Waals surface area (Å²) in [6.45, 7) is -0.0544. The van der Waals surface area contributed by atoms with E-state index in [2.05, 4.69) is 19.9 Å². The number of alkyl halides is 12. The monoisotopic (exact) mass is 1240 g/mol. The Morgan fingerprint density at radius 3 is 1.38 bits per heavy atom. The zero-order valence-electron chi connectivity index (χ0n) is 45.5. The lowest BCUT2D eigenvalue weighted by Gasteiger charge is -2.26. The molecule has 0 bridgehead atoms. The van der Waals surface area contributed by atoms with Gasteiger partial charge in [0.05, 0.1) is 39.6 Å². The van der Waals surface area contributed by atoms with Gasteiger partial charge in [-0.05, 0) is 146 Å². The van der Waals surface area contributed by atoms with E-state index in [9.17, 15) is 71.9 Å². The Hall–Kier alpha value is -9.36. The van der Waals surface area contributed by atoms with Gasteiger partial charge in [0.25, 0.3) is 5.91 Å². The summed E-state index contributed by atoms with van der Waals surface area (Å²) < 4.78 is 169. The fourth-order valence-corrected chi connectivity index (χ4v) is 9.60. The van der Waals surface area contributed by atoms with Crippen LogP contribution < -0.4 is 11.5 Å². The molecule has 2 aromatic carbocycles. The van der Waals surface area contributed by atoms with Gasteiger partial charge in [-0.2, -0.15) is 52.7 Å². The first-order chi connectivity index (χ1) is 41.0. The summed E-state index contributed by atoms with van der Waals surface area (Å²) in [5.41, 5.74) is 9.91. The molecule has 1 amide bonds. The maximum atomic E-state index is 14.0. The zero-order valence-corrected chi connectivity index (χ0v) is 45.5. The number of aromatic carboxylic acids is 1. The largest absolute Gasteiger partial charge is 0.478 e. The lowest BCUT2D eigenvalue weighted by molar-refractivity contribution is -0.172. The number of amides is 1. The van der Waals surface area contributed by atoms with Crippen molar-refractivity contribution in [3.8, 4) is 22.5 Å². The highest BCUT2D eigenvalue weighted by atomic mass is 19.4. The van der Waals surface area contributed by atoms with Crippen LogP contribution in [-0.4, -0.2) is 78.3 Å². The van der Waals surface area contributed by atoms with Gasteiger partial charge in [0.15, 0.2) is 11.6 Å². The molecule has 88 heavy (non-hydrogen) atoms. The molecule has 7 heterocycles. The summed E-state index contributed by atoms with van der Waals surface area (Å²) in [7, 11) is 0. The molecule has 5 N–H and O–H groups in total. The number of aromatic nitrogens is 4. The number of carbonyl (C=O) groups excluding carboxylic acids is 3. The number of carbonyl (C=O) groups is 4. The Balaban J connectivity index is 0.000000220. The Kier molecular flexibility index (Phi) is 20.7. The topological polar surface area (TPSA) is 222 Å². The second-order valence-corrected chi connectivity index (χ2v) is 20.3. The molecular formula is C62H55F12N7O7. The van der Waals surface area contributed by atoms with E-state index in [0.717, 1.165) is 42.3 Å². The van der Waals surface area contributed by atoms with E-state index in [0.29, 0.717) is 35.6 Å². The standard InChI is InChI=1S/C30H24F6N4O3.C25H18F3N3O4.C6H9F3.CH4/c31-29(32,33)23-14-19(24-9-5-18(16-38-24)28(42)40-11-1-2-25(40)30(34,35)36)12-20-13-22(43-27(20)23)8-7-21(41)6-3-17-4-10-26(37)39-15-17;26-25(27,28)20-11-16(21-7-3-15(13-30-21)24(33)34)9-17-10-19(35-23(17)20)6-5-18(32)4-1-14-2-8-22(29)31-12-14;7-6(8,9)5-3-1-2-4-5;/h3-6,9-10,12-16,25H,1-2,7-8,11H2,(H2,37,39);1-4,7-13H,5-6H2,(H2,29,31)(H,33,34);5H,1-4H2;1H4/b6-3+;4-1+;;/t25-;;;/m1.../s1. The van der Waals surface area contributed by atoms with E-state index in [1.807, 2.05) is 0 Å². The Bertz CT molecular complexity index is 3810. The third-order valence-electron chi connectivity index (χ3n) is 14.0. The molecular weight excluding hydrogens is 1180 g/mol. The van der Waals surface area contributed by atoms with Crippen LogP contribution in [0.25, 0.3) is 56.6 Å². The number of nitrogens with zero attached hydrogens (tertiary/aromatic N) is 5. The van der Waals surface area contributed by atoms with Crippen LogP contribution in [0.15, 0.2) is 131 Å². The van der Waals surface area contributed by atoms with Gasteiger partial charge in [-0.1, -0.05) is 20.3 Å². The van der Waals surface area contributed by atoms with Gasteiger partial charge in [0.2, 0.25) is 0 Å². The van der Waals surface area contributed by atoms with E-state index >= 15 is 0 Å². The minimum absolute atomic E-state index is 0. The fraction of sp³-hybridized carbons (Fsp3) is 0.290. The first kappa shape index (κ1) is 66.2. The van der Waals surface area contributed by atoms with Crippen molar-refractivity contribution < 1.29 is 85.8 Å². The third kappa shape index (κ3) is 17.2. The van der Waals surface area contributed by atoms with Crippen LogP contribution >= 0.6 is 0 Å². The Morgan fingerprint density at radius 2 is 1.01 bits per heavy atom. The molecule has 2 fully saturated rings. The highest BCUT2D eigenvalue weighted by Crippen LogP contribution is 2.42. The van der Waals surface area contributed by atoms with Crippen molar-refractivity contribution in [2.24, 2.45) is 5.92 Å². The van der Waals surface area contributed by atoms with E-state index in [-0.39, 0.29) is 126 Å². The summed E-state index contributed by atoms with van der Waals surface area (Å²) in [5, 5.41) is 9.32. The molecule has 0 radical (unpaired) electrons. The number of halogens is 12. The molecule has 14 nitrogen and oxygen atoms in total. The highest BCUT2D eigenvalue weighted by Gasteiger charge is 2.48. The quantitative estimate of drug-likeness (QED) is 0.0682. The number of rotatable bonds is 14. The molecule has 464 valence electrons. The molecule has 26 heteroatoms. The molecule has 6 aromatic heterocycles. The normalized spacial score (nSPS) is 14.9. The van der Waals surface area contributed by atoms with E-state index in [4.69, 9.17) is 25.4 Å². The summed E-state index contributed by atoms with van der Waals surface area (Å²) in [6.07, 6.45) is -4.61. The molecule has 1 aliphatic heterocycles. The SMILES string of the molecule is C.FC(F)(F)C1CCCC1.Nc1ccc(/C=C/C(=O)CCc2cc3cc(-c4ccc(C(=O)N5CCC[C@@H]5C(F)(F)F)cn4)cc(C(F)(F)F)c3o2)cn1.Nc1ccc(/C=C/C(=O)CCc2cc3cc(-c4ccc(C(=O)O)cn4)cc(C(F)(F)F)c3o2)cn1. The molecule has 8 aromatic rings. The number of aryl methyl sites for hydroxylation is 2. The van der Waals surface area contributed by atoms with Crippen molar-refractivity contribution in [2.75, 3.05) is 18.0 Å². The number of pyridine rings is 4. The Morgan fingerprint density at radius 1 is 0.557 bits per heavy atom. The first-order valence-electron chi connectivity index (χ1n) is 26.7. The van der Waals surface area contributed by atoms with Crippen LogP contribution in [0.3, 0.4) is 0 Å². The van der Waals surface area contributed by atoms with Gasteiger partial charge in [-0.3, -0.25) is 24.4 Å². The number of benzene rings is 2. The van der Waals surface area contributed by atoms with Crippen molar-refractivity contribution in [2.45, 2.75) is 102 Å². The van der Waals surface area contributed by atoms with Gasteiger partial charge in [-0.15, -0.1) is 0 Å². The number of fused-ring (bicyclic) bond motifs is 2. The Labute approximate surface area is 494 Å². The molecule has 1 atom stereocenters. The lowest BCUT2D eigenvalue weighted by Crippen LogP contribution is -2.44. The maximum absolute atomic E-state index is 14.0. The number of likely N-dealkylation sites (tertiary alicyclic amines) is 1. The van der Waals surface area contributed by atoms with Gasteiger partial charge in [0, 0.05) is 78.9 Å². The number of nitrogens with two attached hydrogens (primary N) is 2. The van der Waals surface area contributed by atoms with E-state index < -0.39 is 65.3 Å². The number of carboxylic acids is 1. The van der Waals surface area contributed by atoms with Crippen LogP contribution in [0.1, 0.15) is 113 Å². The molecule has 1 saturated carbocycles. The number of hydrogen-bond donors (Lipinski definition) is 3. The van der Waals surface area contributed by atoms with Crippen molar-refractivity contribution >= 4 is 69.2 Å². The smallest absolute Gasteiger partial charge is 0.420 e. The summed E-state index contributed by atoms with van der Waals surface area (Å²) in [5.74, 6) is -2.45. The van der Waals surface area contributed by atoms with Crippen LogP contribution in [0.5, 0.6) is 0 Å². The summed E-state index contributed by atoms with van der Waals surface area (Å²) in [4.78, 5) is 64.9. The number of nitrogen functional groups attached to an aromatic ring is 2. The van der Waals surface area contributed by atoms with Crippen molar-refractivity contribution in [3.63, 3.8) is 0 Å². The van der Waals surface area contributed by atoms with Crippen LogP contribution in [0.2, 0.25) is 0 Å². The molecule has 1 saturated heterocycles. The lowest BCUT2D eigenvalue weighted by atomic mass is 10.0. The summed E-state index contributed by atoms with van der Waals surface area (Å²) >= 11 is 0. The minimum atomic E-state index is -4.78. The van der Waals surface area contributed by atoms with Crippen molar-refractivity contribution in [3.05, 3.63) is 167 Å². The number of furan rings is 2. The summed E-state index contributed by atoms with van der Waals surface area (Å²) in [6, 6.07) is 17.4. The number of ketones is 2. The average Bonchev–Trinajstić information content (AvgIpc) is 1.69. The van der Waals surface area contributed by atoms with E-state index in [1.54, 1.807) is 36.4 Å². The number of carboxylic acid groups (broad SMARTS) is 1. The minimum Gasteiger partial charge on any atom is -0.478 e. The first-order valence-corrected chi connectivity index (χ1v) is 26.7. The average molecular weight is 1240 g/mol. The molecule has 2 aliphatic rings. The van der Waals surface area contributed by atoms with Crippen LogP contribution in [-0.2, 0) is 34.8 Å². The molecule has 0 unspecified atom stereocenters. The van der Waals surface area contributed by atoms with E-state index in [1.165, 1.54) is 73.1 Å². The number of anilines is 2. The van der Waals surface area contributed by atoms with Gasteiger partial charge in [-0.25, -0.2) is 14.8 Å². The van der Waals surface area contributed by atoms with Crippen LogP contribution in [0.4, 0.5) is 64.3 Å². The van der Waals surface area contributed by atoms with Crippen LogP contribution in [0, 0.1) is 5.92 Å². The van der Waals surface area contributed by atoms with Crippen molar-refractivity contribution in [1.82, 2.24) is 24.8 Å².